The quantitative estimate of drug-likeness (QED) is 0.707. The van der Waals surface area contributed by atoms with E-state index in [2.05, 4.69) is 9.88 Å². The highest BCUT2D eigenvalue weighted by molar-refractivity contribution is 6.35. The summed E-state index contributed by atoms with van der Waals surface area (Å²) in [6.45, 7) is 2.21. The Hall–Kier alpha value is -2.36. The van der Waals surface area contributed by atoms with Crippen molar-refractivity contribution in [2.75, 3.05) is 39.9 Å². The number of aromatic nitrogens is 1. The third kappa shape index (κ3) is 4.49. The molecule has 1 amide bonds. The van der Waals surface area contributed by atoms with E-state index in [0.717, 1.165) is 6.07 Å². The van der Waals surface area contributed by atoms with Crippen molar-refractivity contribution in [3.63, 3.8) is 0 Å². The number of piperazine rings is 1. The molecule has 0 radical (unpaired) electrons. The van der Waals surface area contributed by atoms with Crippen LogP contribution in [0.4, 0.5) is 13.2 Å². The maximum Gasteiger partial charge on any atom is 0.433 e. The first-order chi connectivity index (χ1) is 14.8. The van der Waals surface area contributed by atoms with Crippen molar-refractivity contribution in [1.82, 2.24) is 14.8 Å². The molecule has 2 fully saturated rings. The minimum atomic E-state index is -4.50. The fourth-order valence-electron chi connectivity index (χ4n) is 3.94. The Morgan fingerprint density at radius 1 is 1.19 bits per heavy atom. The van der Waals surface area contributed by atoms with E-state index in [4.69, 9.17) is 21.1 Å². The highest BCUT2D eigenvalue weighted by Gasteiger charge is 2.38. The van der Waals surface area contributed by atoms with E-state index in [1.54, 1.807) is 29.2 Å². The molecule has 2 aliphatic heterocycles. The third-order valence-electron chi connectivity index (χ3n) is 5.59. The lowest BCUT2D eigenvalue weighted by Crippen LogP contribution is -2.59. The molecule has 0 saturated carbocycles. The average molecular weight is 456 g/mol. The van der Waals surface area contributed by atoms with Gasteiger partial charge in [-0.25, -0.2) is 4.98 Å². The number of morpholine rings is 1. The SMILES string of the molecule is COc1cccc(C(=O)N2CCN3C[C@@H](c4cccc(C(F)(F)F)n4)OC[C@@H]3C2)c1Cl. The fraction of sp³-hybridized carbons (Fsp3) is 0.429. The van der Waals surface area contributed by atoms with Crippen molar-refractivity contribution in [2.45, 2.75) is 18.3 Å². The van der Waals surface area contributed by atoms with Crippen LogP contribution in [-0.2, 0) is 10.9 Å². The van der Waals surface area contributed by atoms with Gasteiger partial charge in [-0.15, -0.1) is 0 Å². The predicted molar refractivity (Wildman–Crippen MR) is 107 cm³/mol. The van der Waals surface area contributed by atoms with E-state index < -0.39 is 18.0 Å². The lowest BCUT2D eigenvalue weighted by atomic mass is 10.1. The molecule has 2 saturated heterocycles. The number of nitrogens with zero attached hydrogens (tertiary/aromatic N) is 3. The summed E-state index contributed by atoms with van der Waals surface area (Å²) >= 11 is 6.30. The Kier molecular flexibility index (Phi) is 6.09. The number of benzene rings is 1. The summed E-state index contributed by atoms with van der Waals surface area (Å²) in [5, 5.41) is 0.271. The molecule has 0 spiro atoms. The van der Waals surface area contributed by atoms with E-state index >= 15 is 0 Å². The molecule has 4 rings (SSSR count). The molecule has 2 atom stereocenters. The van der Waals surface area contributed by atoms with Crippen LogP contribution in [-0.4, -0.2) is 66.6 Å². The number of ether oxygens (including phenoxy) is 2. The van der Waals surface area contributed by atoms with Gasteiger partial charge in [-0.05, 0) is 24.3 Å². The standard InChI is InChI=1S/C21H21ClF3N3O3/c1-30-16-6-2-4-14(19(16)22)20(29)28-9-8-27-11-17(31-12-13(27)10-28)15-5-3-7-18(26-15)21(23,24)25/h2-7,13,17H,8-12H2,1H3/t13-,17-/m0/s1. The van der Waals surface area contributed by atoms with Gasteiger partial charge in [0.1, 0.15) is 17.5 Å². The maximum atomic E-state index is 13.0. The Bertz CT molecular complexity index is 972. The zero-order valence-electron chi connectivity index (χ0n) is 16.7. The van der Waals surface area contributed by atoms with Gasteiger partial charge in [-0.3, -0.25) is 9.69 Å². The lowest BCUT2D eigenvalue weighted by Gasteiger charge is -2.46. The lowest BCUT2D eigenvalue weighted by molar-refractivity contribution is -0.141. The molecule has 2 aromatic rings. The van der Waals surface area contributed by atoms with Crippen molar-refractivity contribution in [2.24, 2.45) is 0 Å². The second kappa shape index (κ2) is 8.64. The van der Waals surface area contributed by atoms with Crippen LogP contribution < -0.4 is 4.74 Å². The Labute approximate surface area is 182 Å². The average Bonchev–Trinajstić information content (AvgIpc) is 2.77. The van der Waals surface area contributed by atoms with Crippen LogP contribution >= 0.6 is 11.6 Å². The number of rotatable bonds is 3. The van der Waals surface area contributed by atoms with Crippen molar-refractivity contribution < 1.29 is 27.4 Å². The van der Waals surface area contributed by atoms with Gasteiger partial charge in [0, 0.05) is 26.2 Å². The van der Waals surface area contributed by atoms with Gasteiger partial charge >= 0.3 is 6.18 Å². The topological polar surface area (TPSA) is 54.9 Å². The van der Waals surface area contributed by atoms with E-state index in [9.17, 15) is 18.0 Å². The van der Waals surface area contributed by atoms with Gasteiger partial charge in [-0.2, -0.15) is 13.2 Å². The molecule has 0 unspecified atom stereocenters. The normalized spacial score (nSPS) is 22.2. The third-order valence-corrected chi connectivity index (χ3v) is 5.98. The first-order valence-corrected chi connectivity index (χ1v) is 10.2. The first-order valence-electron chi connectivity index (χ1n) is 9.79. The van der Waals surface area contributed by atoms with Crippen LogP contribution in [0.1, 0.15) is 27.8 Å². The zero-order valence-corrected chi connectivity index (χ0v) is 17.5. The maximum absolute atomic E-state index is 13.0. The predicted octanol–water partition coefficient (Wildman–Crippen LogP) is 3.66. The number of alkyl halides is 3. The molecular formula is C21H21ClF3N3O3. The summed E-state index contributed by atoms with van der Waals surface area (Å²) in [6, 6.07) is 8.85. The summed E-state index contributed by atoms with van der Waals surface area (Å²) in [4.78, 5) is 20.6. The number of methoxy groups -OCH3 is 1. The molecule has 6 nitrogen and oxygen atoms in total. The van der Waals surface area contributed by atoms with Gasteiger partial charge in [0.15, 0.2) is 0 Å². The second-order valence-electron chi connectivity index (χ2n) is 7.49. The largest absolute Gasteiger partial charge is 0.495 e. The fourth-order valence-corrected chi connectivity index (χ4v) is 4.22. The first kappa shape index (κ1) is 21.9. The van der Waals surface area contributed by atoms with Crippen LogP contribution in [0.25, 0.3) is 0 Å². The van der Waals surface area contributed by atoms with Crippen LogP contribution in [0.5, 0.6) is 5.75 Å². The van der Waals surface area contributed by atoms with Crippen molar-refractivity contribution in [3.8, 4) is 5.75 Å². The van der Waals surface area contributed by atoms with Gasteiger partial charge in [0.2, 0.25) is 0 Å². The molecule has 1 aromatic heterocycles. The number of carbonyl (C=O) groups excluding carboxylic acids is 1. The minimum absolute atomic E-state index is 0.0517. The van der Waals surface area contributed by atoms with Crippen LogP contribution in [0.2, 0.25) is 5.02 Å². The van der Waals surface area contributed by atoms with E-state index in [0.29, 0.717) is 37.5 Å². The second-order valence-corrected chi connectivity index (χ2v) is 7.87. The van der Waals surface area contributed by atoms with Crippen LogP contribution in [0.15, 0.2) is 36.4 Å². The van der Waals surface area contributed by atoms with Gasteiger partial charge in [-0.1, -0.05) is 23.7 Å². The van der Waals surface area contributed by atoms with Crippen molar-refractivity contribution >= 4 is 17.5 Å². The van der Waals surface area contributed by atoms with Crippen molar-refractivity contribution in [1.29, 1.82) is 0 Å². The summed E-state index contributed by atoms with van der Waals surface area (Å²) in [7, 11) is 1.49. The zero-order chi connectivity index (χ0) is 22.2. The number of hydrogen-bond donors (Lipinski definition) is 0. The molecule has 0 aliphatic carbocycles. The highest BCUT2D eigenvalue weighted by atomic mass is 35.5. The minimum Gasteiger partial charge on any atom is -0.495 e. The molecule has 10 heteroatoms. The molecule has 0 N–H and O–H groups in total. The summed E-state index contributed by atoms with van der Waals surface area (Å²) in [5.74, 6) is 0.244. The summed E-state index contributed by atoms with van der Waals surface area (Å²) in [5.41, 5.74) is -0.298. The van der Waals surface area contributed by atoms with E-state index in [1.807, 2.05) is 0 Å². The molecule has 166 valence electrons. The number of fused-ring (bicyclic) bond motifs is 1. The number of carbonyl (C=O) groups is 1. The molecule has 0 bridgehead atoms. The van der Waals surface area contributed by atoms with Crippen molar-refractivity contribution in [3.05, 3.63) is 58.4 Å². The van der Waals surface area contributed by atoms with Gasteiger partial charge in [0.25, 0.3) is 5.91 Å². The molecule has 1 aromatic carbocycles. The Balaban J connectivity index is 1.43. The van der Waals surface area contributed by atoms with Crippen LogP contribution in [0, 0.1) is 0 Å². The molecule has 2 aliphatic rings. The Morgan fingerprint density at radius 2 is 1.97 bits per heavy atom. The molecular weight excluding hydrogens is 435 g/mol. The number of hydrogen-bond acceptors (Lipinski definition) is 5. The highest BCUT2D eigenvalue weighted by Crippen LogP contribution is 2.32. The number of pyridine rings is 1. The van der Waals surface area contributed by atoms with Crippen LogP contribution in [0.3, 0.4) is 0 Å². The van der Waals surface area contributed by atoms with Gasteiger partial charge < -0.3 is 14.4 Å². The van der Waals surface area contributed by atoms with Gasteiger partial charge in [0.05, 0.1) is 36.0 Å². The monoisotopic (exact) mass is 455 g/mol. The molecule has 3 heterocycles. The Morgan fingerprint density at radius 3 is 2.71 bits per heavy atom. The molecule has 31 heavy (non-hydrogen) atoms. The van der Waals surface area contributed by atoms with E-state index in [-0.39, 0.29) is 29.3 Å². The summed E-state index contributed by atoms with van der Waals surface area (Å²) < 4.78 is 49.9. The number of amides is 1. The van der Waals surface area contributed by atoms with E-state index in [1.165, 1.54) is 13.2 Å². The smallest absolute Gasteiger partial charge is 0.433 e. The number of halogens is 4. The summed E-state index contributed by atoms with van der Waals surface area (Å²) in [6.07, 6.45) is -5.05.